The van der Waals surface area contributed by atoms with Crippen LogP contribution in [-0.2, 0) is 19.1 Å². The van der Waals surface area contributed by atoms with Gasteiger partial charge in [0.2, 0.25) is 0 Å². The van der Waals surface area contributed by atoms with Crippen molar-refractivity contribution >= 4 is 11.9 Å². The van der Waals surface area contributed by atoms with Gasteiger partial charge in [0.1, 0.15) is 12.2 Å². The minimum absolute atomic E-state index is 0.0854. The lowest BCUT2D eigenvalue weighted by molar-refractivity contribution is -0.162. The molecule has 0 saturated carbocycles. The second kappa shape index (κ2) is 9.46. The summed E-state index contributed by atoms with van der Waals surface area (Å²) in [6, 6.07) is 0. The average Bonchev–Trinajstić information content (AvgIpc) is 2.65. The van der Waals surface area contributed by atoms with Crippen LogP contribution < -0.4 is 0 Å². The molecule has 1 aliphatic heterocycles. The van der Waals surface area contributed by atoms with E-state index >= 15 is 0 Å². The minimum Gasteiger partial charge on any atom is -0.462 e. The Morgan fingerprint density at radius 2 is 2.07 bits per heavy atom. The Morgan fingerprint density at radius 1 is 1.31 bits per heavy atom. The van der Waals surface area contributed by atoms with Gasteiger partial charge in [0.15, 0.2) is 0 Å². The van der Waals surface area contributed by atoms with Crippen LogP contribution in [0.4, 0.5) is 0 Å². The summed E-state index contributed by atoms with van der Waals surface area (Å²) in [6.07, 6.45) is 9.70. The molecule has 162 valence electrons. The lowest BCUT2D eigenvalue weighted by Gasteiger charge is -2.43. The highest BCUT2D eigenvalue weighted by molar-refractivity contribution is 5.72. The number of esters is 2. The van der Waals surface area contributed by atoms with E-state index in [0.717, 1.165) is 25.7 Å². The standard InChI is InChI=1S/C24H36O5/c1-5-15(3)24(27)29-21-11-14(2)10-17-7-6-16(4)20(23(17)21)9-8-19-12-18(25)13-22(26)28-19/h6-7,10,14-16,18-21,23,25H,5,8-9,11-13H2,1-4H3/t14?,15?,16?,18?,19?,20?,21?,23-/m1/s1. The van der Waals surface area contributed by atoms with E-state index < -0.39 is 6.10 Å². The molecule has 0 aromatic heterocycles. The molecular formula is C24H36O5. The number of carbonyl (C=O) groups is 2. The molecule has 1 N–H and O–H groups in total. The molecule has 0 bridgehead atoms. The van der Waals surface area contributed by atoms with Gasteiger partial charge < -0.3 is 14.6 Å². The summed E-state index contributed by atoms with van der Waals surface area (Å²) >= 11 is 0. The molecule has 8 atom stereocenters. The van der Waals surface area contributed by atoms with E-state index in [-0.39, 0.29) is 42.4 Å². The Bertz CT molecular complexity index is 666. The van der Waals surface area contributed by atoms with Gasteiger partial charge in [-0.2, -0.15) is 0 Å². The molecule has 3 rings (SSSR count). The Labute approximate surface area is 174 Å². The number of rotatable bonds is 6. The number of aliphatic hydroxyl groups excluding tert-OH is 1. The van der Waals surface area contributed by atoms with Crippen LogP contribution in [0.2, 0.25) is 0 Å². The topological polar surface area (TPSA) is 72.8 Å². The van der Waals surface area contributed by atoms with Crippen molar-refractivity contribution in [1.82, 2.24) is 0 Å². The summed E-state index contributed by atoms with van der Waals surface area (Å²) in [7, 11) is 0. The smallest absolute Gasteiger partial charge is 0.308 e. The number of fused-ring (bicyclic) bond motifs is 1. The van der Waals surface area contributed by atoms with E-state index in [2.05, 4.69) is 32.1 Å². The zero-order valence-electron chi connectivity index (χ0n) is 18.2. The van der Waals surface area contributed by atoms with Gasteiger partial charge in [-0.15, -0.1) is 0 Å². The van der Waals surface area contributed by atoms with E-state index in [1.165, 1.54) is 5.57 Å². The van der Waals surface area contributed by atoms with Crippen LogP contribution in [-0.4, -0.2) is 35.4 Å². The number of allylic oxidation sites excluding steroid dienone is 3. The lowest BCUT2D eigenvalue weighted by Crippen LogP contribution is -2.42. The molecule has 7 unspecified atom stereocenters. The van der Waals surface area contributed by atoms with Crippen LogP contribution in [0, 0.1) is 29.6 Å². The highest BCUT2D eigenvalue weighted by atomic mass is 16.5. The predicted octanol–water partition coefficient (Wildman–Crippen LogP) is 4.20. The Morgan fingerprint density at radius 3 is 2.76 bits per heavy atom. The van der Waals surface area contributed by atoms with Gasteiger partial charge in [0.25, 0.3) is 0 Å². The Hall–Kier alpha value is -1.62. The first-order valence-corrected chi connectivity index (χ1v) is 11.3. The van der Waals surface area contributed by atoms with Crippen molar-refractivity contribution < 1.29 is 24.2 Å². The minimum atomic E-state index is -0.597. The predicted molar refractivity (Wildman–Crippen MR) is 111 cm³/mol. The van der Waals surface area contributed by atoms with Crippen LogP contribution in [0.5, 0.6) is 0 Å². The fourth-order valence-corrected chi connectivity index (χ4v) is 5.07. The summed E-state index contributed by atoms with van der Waals surface area (Å²) < 4.78 is 11.5. The maximum absolute atomic E-state index is 12.5. The average molecular weight is 405 g/mol. The van der Waals surface area contributed by atoms with Gasteiger partial charge in [-0.3, -0.25) is 9.59 Å². The lowest BCUT2D eigenvalue weighted by atomic mass is 9.65. The number of ether oxygens (including phenoxy) is 2. The zero-order valence-corrected chi connectivity index (χ0v) is 18.2. The number of aliphatic hydroxyl groups is 1. The van der Waals surface area contributed by atoms with E-state index in [0.29, 0.717) is 24.2 Å². The summed E-state index contributed by atoms with van der Waals surface area (Å²) in [5.41, 5.74) is 1.27. The Balaban J connectivity index is 1.74. The van der Waals surface area contributed by atoms with E-state index in [1.54, 1.807) is 0 Å². The molecule has 2 aliphatic carbocycles. The third-order valence-corrected chi connectivity index (χ3v) is 6.93. The first kappa shape index (κ1) is 22.1. The molecule has 1 heterocycles. The van der Waals surface area contributed by atoms with Crippen molar-refractivity contribution in [3.8, 4) is 0 Å². The molecule has 0 spiro atoms. The number of hydrogen-bond donors (Lipinski definition) is 1. The molecule has 5 heteroatoms. The maximum atomic E-state index is 12.5. The van der Waals surface area contributed by atoms with Gasteiger partial charge in [0.05, 0.1) is 18.4 Å². The van der Waals surface area contributed by atoms with Crippen LogP contribution in [0.25, 0.3) is 0 Å². The van der Waals surface area contributed by atoms with Gasteiger partial charge in [-0.25, -0.2) is 0 Å². The molecule has 0 amide bonds. The van der Waals surface area contributed by atoms with Crippen LogP contribution in [0.15, 0.2) is 23.8 Å². The van der Waals surface area contributed by atoms with Gasteiger partial charge >= 0.3 is 11.9 Å². The van der Waals surface area contributed by atoms with Crippen molar-refractivity contribution in [1.29, 1.82) is 0 Å². The molecule has 29 heavy (non-hydrogen) atoms. The highest BCUT2D eigenvalue weighted by Gasteiger charge is 2.42. The second-order valence-corrected chi connectivity index (χ2v) is 9.36. The fraction of sp³-hybridized carbons (Fsp3) is 0.750. The van der Waals surface area contributed by atoms with Crippen molar-refractivity contribution in [2.45, 2.75) is 84.5 Å². The quantitative estimate of drug-likeness (QED) is 0.672. The van der Waals surface area contributed by atoms with Crippen LogP contribution in [0.3, 0.4) is 0 Å². The van der Waals surface area contributed by atoms with Crippen LogP contribution in [0.1, 0.15) is 66.2 Å². The molecule has 5 nitrogen and oxygen atoms in total. The number of cyclic esters (lactones) is 1. The van der Waals surface area contributed by atoms with E-state index in [9.17, 15) is 14.7 Å². The molecule has 1 fully saturated rings. The van der Waals surface area contributed by atoms with Crippen LogP contribution >= 0.6 is 0 Å². The van der Waals surface area contributed by atoms with Crippen molar-refractivity contribution in [3.05, 3.63) is 23.8 Å². The first-order chi connectivity index (χ1) is 13.8. The molecular weight excluding hydrogens is 368 g/mol. The molecule has 0 aromatic rings. The molecule has 1 saturated heterocycles. The third kappa shape index (κ3) is 5.30. The van der Waals surface area contributed by atoms with Gasteiger partial charge in [0, 0.05) is 12.3 Å². The summed E-state index contributed by atoms with van der Waals surface area (Å²) in [5, 5.41) is 9.89. The molecule has 3 aliphatic rings. The largest absolute Gasteiger partial charge is 0.462 e. The van der Waals surface area contributed by atoms with Crippen molar-refractivity contribution in [2.75, 3.05) is 0 Å². The normalized spacial score (nSPS) is 37.9. The molecule has 0 aromatic carbocycles. The van der Waals surface area contributed by atoms with Crippen molar-refractivity contribution in [2.24, 2.45) is 29.6 Å². The number of carbonyl (C=O) groups excluding carboxylic acids is 2. The summed E-state index contributed by atoms with van der Waals surface area (Å²) in [5.74, 6) is 0.755. The summed E-state index contributed by atoms with van der Waals surface area (Å²) in [6.45, 7) is 8.33. The highest BCUT2D eigenvalue weighted by Crippen LogP contribution is 2.45. The maximum Gasteiger partial charge on any atom is 0.308 e. The summed E-state index contributed by atoms with van der Waals surface area (Å²) in [4.78, 5) is 24.2. The first-order valence-electron chi connectivity index (χ1n) is 11.3. The van der Waals surface area contributed by atoms with Gasteiger partial charge in [-0.1, -0.05) is 45.9 Å². The monoisotopic (exact) mass is 404 g/mol. The second-order valence-electron chi connectivity index (χ2n) is 9.36. The van der Waals surface area contributed by atoms with Gasteiger partial charge in [-0.05, 0) is 49.0 Å². The van der Waals surface area contributed by atoms with E-state index in [1.807, 2.05) is 13.8 Å². The fourth-order valence-electron chi connectivity index (χ4n) is 5.07. The molecule has 0 radical (unpaired) electrons. The SMILES string of the molecule is CCC(C)C(=O)OC1CC(C)C=C2C=CC(C)C(CCC3CC(O)CC(=O)O3)[C@@H]21. The Kier molecular flexibility index (Phi) is 7.20. The number of hydrogen-bond acceptors (Lipinski definition) is 5. The third-order valence-electron chi connectivity index (χ3n) is 6.93. The van der Waals surface area contributed by atoms with E-state index in [4.69, 9.17) is 9.47 Å². The van der Waals surface area contributed by atoms with Crippen molar-refractivity contribution in [3.63, 3.8) is 0 Å². The zero-order chi connectivity index (χ0) is 21.1.